The first kappa shape index (κ1) is 16.4. The van der Waals surface area contributed by atoms with Gasteiger partial charge in [0.1, 0.15) is 0 Å². The first-order chi connectivity index (χ1) is 12.9. The van der Waals surface area contributed by atoms with Crippen molar-refractivity contribution in [3.8, 4) is 11.8 Å². The summed E-state index contributed by atoms with van der Waals surface area (Å²) in [6, 6.07) is 8.27. The summed E-state index contributed by atoms with van der Waals surface area (Å²) in [5.41, 5.74) is 3.84. The average molecular weight is 338 g/mol. The molecule has 4 rings (SSSR count). The third-order valence-electron chi connectivity index (χ3n) is 4.80. The zero-order valence-electron chi connectivity index (χ0n) is 14.9. The van der Waals surface area contributed by atoms with Gasteiger partial charge in [0.15, 0.2) is 0 Å². The number of benzene rings is 1. The SMILES string of the molecule is C(#Cc1cncc2ccccc12)CCN1C=CC(C2=CCC=CC2)=CC1. The third-order valence-corrected chi connectivity index (χ3v) is 4.80. The molecule has 2 heterocycles. The minimum Gasteiger partial charge on any atom is -0.373 e. The molecule has 2 heteroatoms. The normalized spacial score (nSPS) is 16.1. The van der Waals surface area contributed by atoms with E-state index in [2.05, 4.69) is 70.4 Å². The van der Waals surface area contributed by atoms with Crippen LogP contribution in [0.1, 0.15) is 24.8 Å². The molecule has 128 valence electrons. The van der Waals surface area contributed by atoms with Crippen molar-refractivity contribution in [3.05, 3.63) is 89.9 Å². The van der Waals surface area contributed by atoms with E-state index in [1.807, 2.05) is 24.5 Å². The van der Waals surface area contributed by atoms with Crippen molar-refractivity contribution < 1.29 is 0 Å². The number of pyridine rings is 1. The van der Waals surface area contributed by atoms with Crippen LogP contribution in [0.15, 0.2) is 84.4 Å². The van der Waals surface area contributed by atoms with Crippen LogP contribution in [0.25, 0.3) is 10.8 Å². The highest BCUT2D eigenvalue weighted by Gasteiger charge is 2.08. The zero-order chi connectivity index (χ0) is 17.6. The predicted octanol–water partition coefficient (Wildman–Crippen LogP) is 5.01. The van der Waals surface area contributed by atoms with Gasteiger partial charge in [0.25, 0.3) is 0 Å². The number of aromatic nitrogens is 1. The maximum Gasteiger partial charge on any atom is 0.0507 e. The summed E-state index contributed by atoms with van der Waals surface area (Å²) in [4.78, 5) is 6.61. The van der Waals surface area contributed by atoms with Gasteiger partial charge in [-0.25, -0.2) is 0 Å². The van der Waals surface area contributed by atoms with Crippen LogP contribution in [0.5, 0.6) is 0 Å². The summed E-state index contributed by atoms with van der Waals surface area (Å²) in [6.45, 7) is 1.91. The van der Waals surface area contributed by atoms with Crippen LogP contribution < -0.4 is 0 Å². The molecule has 1 aliphatic heterocycles. The molecule has 0 saturated heterocycles. The number of nitrogens with zero attached hydrogens (tertiary/aromatic N) is 2. The lowest BCUT2D eigenvalue weighted by atomic mass is 9.96. The number of fused-ring (bicyclic) bond motifs is 1. The molecule has 0 N–H and O–H groups in total. The van der Waals surface area contributed by atoms with Crippen LogP contribution in [0, 0.1) is 11.8 Å². The van der Waals surface area contributed by atoms with Crippen molar-refractivity contribution in [1.29, 1.82) is 0 Å². The van der Waals surface area contributed by atoms with Gasteiger partial charge in [-0.3, -0.25) is 4.98 Å². The molecular formula is C24H22N2. The maximum absolute atomic E-state index is 4.29. The van der Waals surface area contributed by atoms with Gasteiger partial charge in [-0.2, -0.15) is 0 Å². The molecular weight excluding hydrogens is 316 g/mol. The first-order valence-corrected chi connectivity index (χ1v) is 9.18. The summed E-state index contributed by atoms with van der Waals surface area (Å²) in [7, 11) is 0. The van der Waals surface area contributed by atoms with Crippen LogP contribution >= 0.6 is 0 Å². The molecule has 0 bridgehead atoms. The van der Waals surface area contributed by atoms with Crippen molar-refractivity contribution in [3.63, 3.8) is 0 Å². The lowest BCUT2D eigenvalue weighted by Crippen LogP contribution is -2.21. The summed E-state index contributed by atoms with van der Waals surface area (Å²) in [5, 5.41) is 2.32. The van der Waals surface area contributed by atoms with Crippen LogP contribution in [0.4, 0.5) is 0 Å². The van der Waals surface area contributed by atoms with E-state index in [0.29, 0.717) is 0 Å². The highest BCUT2D eigenvalue weighted by atomic mass is 15.1. The largest absolute Gasteiger partial charge is 0.373 e. The molecule has 2 aliphatic rings. The minimum absolute atomic E-state index is 0.849. The second kappa shape index (κ2) is 7.89. The van der Waals surface area contributed by atoms with Crippen LogP contribution in [-0.4, -0.2) is 23.0 Å². The summed E-state index contributed by atoms with van der Waals surface area (Å²) >= 11 is 0. The van der Waals surface area contributed by atoms with Crippen LogP contribution in [-0.2, 0) is 0 Å². The van der Waals surface area contributed by atoms with Gasteiger partial charge in [-0.05, 0) is 36.3 Å². The molecule has 2 aromatic rings. The highest BCUT2D eigenvalue weighted by molar-refractivity contribution is 5.87. The van der Waals surface area contributed by atoms with E-state index < -0.39 is 0 Å². The molecule has 0 unspecified atom stereocenters. The molecule has 2 nitrogen and oxygen atoms in total. The van der Waals surface area contributed by atoms with Crippen molar-refractivity contribution in [1.82, 2.24) is 9.88 Å². The lowest BCUT2D eigenvalue weighted by Gasteiger charge is -2.23. The number of allylic oxidation sites excluding steroid dienone is 6. The first-order valence-electron chi connectivity index (χ1n) is 9.18. The fraction of sp³-hybridized carbons (Fsp3) is 0.208. The smallest absolute Gasteiger partial charge is 0.0507 e. The van der Waals surface area contributed by atoms with E-state index in [4.69, 9.17) is 0 Å². The third kappa shape index (κ3) is 3.78. The summed E-state index contributed by atoms with van der Waals surface area (Å²) in [6.07, 6.45) is 20.3. The van der Waals surface area contributed by atoms with Crippen molar-refractivity contribution in [2.24, 2.45) is 0 Å². The number of hydrogen-bond acceptors (Lipinski definition) is 2. The Bertz CT molecular complexity index is 975. The molecule has 26 heavy (non-hydrogen) atoms. The molecule has 0 atom stereocenters. The Balaban J connectivity index is 1.34. The molecule has 0 spiro atoms. The Morgan fingerprint density at radius 2 is 2.04 bits per heavy atom. The second-order valence-electron chi connectivity index (χ2n) is 6.57. The summed E-state index contributed by atoms with van der Waals surface area (Å²) in [5.74, 6) is 6.60. The van der Waals surface area contributed by atoms with Gasteiger partial charge in [0.2, 0.25) is 0 Å². The van der Waals surface area contributed by atoms with E-state index in [-0.39, 0.29) is 0 Å². The Morgan fingerprint density at radius 3 is 2.88 bits per heavy atom. The van der Waals surface area contributed by atoms with E-state index >= 15 is 0 Å². The van der Waals surface area contributed by atoms with E-state index in [1.165, 1.54) is 16.5 Å². The fourth-order valence-electron chi connectivity index (χ4n) is 3.34. The number of rotatable bonds is 3. The lowest BCUT2D eigenvalue weighted by molar-refractivity contribution is 0.420. The van der Waals surface area contributed by atoms with Gasteiger partial charge < -0.3 is 4.90 Å². The van der Waals surface area contributed by atoms with E-state index in [0.717, 1.165) is 43.3 Å². The Hall–Kier alpha value is -3.05. The van der Waals surface area contributed by atoms with Gasteiger partial charge >= 0.3 is 0 Å². The van der Waals surface area contributed by atoms with E-state index in [1.54, 1.807) is 0 Å². The van der Waals surface area contributed by atoms with Gasteiger partial charge in [-0.15, -0.1) is 0 Å². The Morgan fingerprint density at radius 1 is 1.08 bits per heavy atom. The van der Waals surface area contributed by atoms with E-state index in [9.17, 15) is 0 Å². The molecule has 1 aromatic heterocycles. The second-order valence-corrected chi connectivity index (χ2v) is 6.57. The Kier molecular flexibility index (Phi) is 4.98. The molecule has 1 aromatic carbocycles. The molecule has 0 amide bonds. The highest BCUT2D eigenvalue weighted by Crippen LogP contribution is 2.23. The molecule has 0 saturated carbocycles. The van der Waals surface area contributed by atoms with Crippen LogP contribution in [0.3, 0.4) is 0 Å². The van der Waals surface area contributed by atoms with Crippen molar-refractivity contribution >= 4 is 10.8 Å². The topological polar surface area (TPSA) is 16.1 Å². The molecule has 0 fully saturated rings. The van der Waals surface area contributed by atoms with Gasteiger partial charge in [0, 0.05) is 42.7 Å². The van der Waals surface area contributed by atoms with Gasteiger partial charge in [0.05, 0.1) is 5.56 Å². The number of hydrogen-bond donors (Lipinski definition) is 0. The fourth-order valence-corrected chi connectivity index (χ4v) is 3.34. The van der Waals surface area contributed by atoms with Gasteiger partial charge in [-0.1, -0.05) is 60.4 Å². The van der Waals surface area contributed by atoms with Crippen molar-refractivity contribution in [2.75, 3.05) is 13.1 Å². The zero-order valence-corrected chi connectivity index (χ0v) is 14.9. The molecule has 1 aliphatic carbocycles. The Labute approximate surface area is 155 Å². The monoisotopic (exact) mass is 338 g/mol. The molecule has 0 radical (unpaired) electrons. The summed E-state index contributed by atoms with van der Waals surface area (Å²) < 4.78 is 0. The maximum atomic E-state index is 4.29. The van der Waals surface area contributed by atoms with Crippen LogP contribution in [0.2, 0.25) is 0 Å². The standard InChI is InChI=1S/C24H22N2/c1-2-8-20(9-3-1)21-13-16-26(17-14-21)15-7-6-11-23-19-25-18-22-10-4-5-12-24(22)23/h1-2,4-5,9-10,12-14,16,18-19H,3,7-8,15,17H2. The van der Waals surface area contributed by atoms with Crippen molar-refractivity contribution in [2.45, 2.75) is 19.3 Å². The average Bonchev–Trinajstić information content (AvgIpc) is 2.72. The predicted molar refractivity (Wildman–Crippen MR) is 108 cm³/mol. The minimum atomic E-state index is 0.849. The quantitative estimate of drug-likeness (QED) is 0.578.